The van der Waals surface area contributed by atoms with Crippen molar-refractivity contribution in [2.24, 2.45) is 5.41 Å². The lowest BCUT2D eigenvalue weighted by Crippen LogP contribution is -2.40. The molecule has 0 spiro atoms. The molecule has 1 aliphatic carbocycles. The molecule has 2 N–H and O–H groups in total. The molecule has 0 saturated heterocycles. The first-order valence-corrected chi connectivity index (χ1v) is 14.6. The van der Waals surface area contributed by atoms with Gasteiger partial charge in [-0.25, -0.2) is 15.1 Å². The van der Waals surface area contributed by atoms with Gasteiger partial charge in [-0.05, 0) is 89.3 Å². The molecule has 2 aromatic carbocycles. The van der Waals surface area contributed by atoms with Crippen molar-refractivity contribution < 1.29 is 5.11 Å². The average Bonchev–Trinajstić information content (AvgIpc) is 3.69. The minimum absolute atomic E-state index is 0.188. The quantitative estimate of drug-likeness (QED) is 0.243. The van der Waals surface area contributed by atoms with E-state index in [1.165, 1.54) is 11.1 Å². The van der Waals surface area contributed by atoms with Gasteiger partial charge in [-0.1, -0.05) is 70.2 Å². The number of aromatic nitrogens is 7. The first-order valence-electron chi connectivity index (χ1n) is 14.6. The number of benzene rings is 2. The number of nitrogens with zero attached hydrogens (tertiary/aromatic N) is 6. The molecule has 0 amide bonds. The molecule has 3 aromatic heterocycles. The number of aliphatic hydroxyl groups is 1. The maximum atomic E-state index is 11.1. The van der Waals surface area contributed by atoms with Crippen molar-refractivity contribution in [2.45, 2.75) is 85.3 Å². The van der Waals surface area contributed by atoms with E-state index in [2.05, 4.69) is 96.2 Å². The van der Waals surface area contributed by atoms with Crippen LogP contribution in [0.3, 0.4) is 0 Å². The highest BCUT2D eigenvalue weighted by atomic mass is 16.3. The van der Waals surface area contributed by atoms with Gasteiger partial charge in [-0.15, -0.1) is 5.10 Å². The lowest BCUT2D eigenvalue weighted by atomic mass is 9.75. The Hall–Kier alpha value is -3.91. The van der Waals surface area contributed by atoms with Crippen molar-refractivity contribution in [1.29, 1.82) is 0 Å². The van der Waals surface area contributed by atoms with Crippen LogP contribution in [0.2, 0.25) is 0 Å². The second-order valence-corrected chi connectivity index (χ2v) is 12.6. The van der Waals surface area contributed by atoms with Crippen LogP contribution in [0.15, 0.2) is 48.5 Å². The van der Waals surface area contributed by atoms with E-state index >= 15 is 0 Å². The van der Waals surface area contributed by atoms with E-state index in [0.717, 1.165) is 70.6 Å². The van der Waals surface area contributed by atoms with Gasteiger partial charge in [-0.2, -0.15) is 0 Å². The topological polar surface area (TPSA) is 105 Å². The van der Waals surface area contributed by atoms with E-state index in [4.69, 9.17) is 9.97 Å². The van der Waals surface area contributed by atoms with Crippen molar-refractivity contribution in [3.8, 4) is 22.5 Å². The Morgan fingerprint density at radius 3 is 2.51 bits per heavy atom. The Bertz CT molecular complexity index is 1710. The number of aromatic amines is 1. The van der Waals surface area contributed by atoms with Gasteiger partial charge in [0.15, 0.2) is 11.5 Å². The van der Waals surface area contributed by atoms with Crippen molar-refractivity contribution in [1.82, 2.24) is 35.2 Å². The first-order chi connectivity index (χ1) is 19.6. The van der Waals surface area contributed by atoms with Gasteiger partial charge in [0.05, 0.1) is 11.6 Å². The molecule has 0 bridgehead atoms. The average molecular weight is 550 g/mol. The molecule has 0 saturated carbocycles. The van der Waals surface area contributed by atoms with Crippen LogP contribution in [0, 0.1) is 12.3 Å². The summed E-state index contributed by atoms with van der Waals surface area (Å²) in [5, 5.41) is 25.7. The summed E-state index contributed by atoms with van der Waals surface area (Å²) in [5.74, 6) is 1.73. The zero-order valence-corrected chi connectivity index (χ0v) is 24.9. The number of imidazole rings is 1. The van der Waals surface area contributed by atoms with Gasteiger partial charge in [0.2, 0.25) is 0 Å². The third kappa shape index (κ3) is 4.84. The predicted molar refractivity (Wildman–Crippen MR) is 162 cm³/mol. The van der Waals surface area contributed by atoms with Gasteiger partial charge < -0.3 is 9.67 Å². The Morgan fingerprint density at radius 2 is 1.80 bits per heavy atom. The van der Waals surface area contributed by atoms with Crippen LogP contribution in [-0.2, 0) is 19.3 Å². The highest BCUT2D eigenvalue weighted by Crippen LogP contribution is 2.41. The fourth-order valence-corrected chi connectivity index (χ4v) is 6.02. The van der Waals surface area contributed by atoms with Gasteiger partial charge >= 0.3 is 0 Å². The van der Waals surface area contributed by atoms with Crippen LogP contribution in [0.4, 0.5) is 0 Å². The van der Waals surface area contributed by atoms with Crippen molar-refractivity contribution >= 4 is 11.2 Å². The van der Waals surface area contributed by atoms with E-state index in [1.54, 1.807) is 0 Å². The van der Waals surface area contributed by atoms with Crippen LogP contribution < -0.4 is 0 Å². The maximum absolute atomic E-state index is 11.1. The number of fused-ring (bicyclic) bond motifs is 2. The highest BCUT2D eigenvalue weighted by molar-refractivity contribution is 5.81. The number of nitrogens with one attached hydrogen (secondary N) is 1. The van der Waals surface area contributed by atoms with Crippen LogP contribution in [-0.4, -0.2) is 45.9 Å². The van der Waals surface area contributed by atoms with Crippen LogP contribution in [0.25, 0.3) is 33.7 Å². The zero-order valence-electron chi connectivity index (χ0n) is 24.9. The minimum atomic E-state index is -0.781. The lowest BCUT2D eigenvalue weighted by molar-refractivity contribution is -0.0477. The van der Waals surface area contributed by atoms with E-state index in [0.29, 0.717) is 12.2 Å². The van der Waals surface area contributed by atoms with E-state index < -0.39 is 5.60 Å². The van der Waals surface area contributed by atoms with E-state index in [-0.39, 0.29) is 11.5 Å². The molecular weight excluding hydrogens is 510 g/mol. The summed E-state index contributed by atoms with van der Waals surface area (Å²) < 4.78 is 2.38. The molecule has 2 unspecified atom stereocenters. The molecule has 6 rings (SSSR count). The summed E-state index contributed by atoms with van der Waals surface area (Å²) in [6.45, 7) is 12.5. The summed E-state index contributed by atoms with van der Waals surface area (Å²) in [5.41, 5.74) is 9.04. The number of pyridine rings is 1. The Balaban J connectivity index is 1.38. The van der Waals surface area contributed by atoms with E-state index in [1.807, 2.05) is 19.1 Å². The Morgan fingerprint density at radius 1 is 1.02 bits per heavy atom. The third-order valence-corrected chi connectivity index (χ3v) is 9.10. The fraction of sp³-hybridized carbons (Fsp3) is 0.424. The summed E-state index contributed by atoms with van der Waals surface area (Å²) in [4.78, 5) is 10.3. The summed E-state index contributed by atoms with van der Waals surface area (Å²) in [7, 11) is 0. The second kappa shape index (κ2) is 10.2. The second-order valence-electron chi connectivity index (χ2n) is 12.6. The smallest absolute Gasteiger partial charge is 0.180 e. The van der Waals surface area contributed by atoms with Crippen LogP contribution in [0.5, 0.6) is 0 Å². The molecule has 8 heteroatoms. The SMILES string of the molecule is CCc1nc2c(C)cc(CCC(C)(O)C(C)(C)C)nc2n1C1CCc2cc(-c3ccccc3-c3nnn[nH]3)ccc21. The number of hydrogen-bond donors (Lipinski definition) is 2. The summed E-state index contributed by atoms with van der Waals surface area (Å²) in [6.07, 6.45) is 4.22. The van der Waals surface area contributed by atoms with Gasteiger partial charge in [0.25, 0.3) is 0 Å². The fourth-order valence-electron chi connectivity index (χ4n) is 6.02. The number of aryl methyl sites for hydroxylation is 4. The molecule has 41 heavy (non-hydrogen) atoms. The summed E-state index contributed by atoms with van der Waals surface area (Å²) >= 11 is 0. The molecule has 2 atom stereocenters. The number of H-pyrrole nitrogens is 1. The molecule has 0 fully saturated rings. The maximum Gasteiger partial charge on any atom is 0.180 e. The van der Waals surface area contributed by atoms with Gasteiger partial charge in [0.1, 0.15) is 11.3 Å². The van der Waals surface area contributed by atoms with Gasteiger partial charge in [0, 0.05) is 17.7 Å². The zero-order chi connectivity index (χ0) is 28.9. The molecule has 0 aliphatic heterocycles. The molecule has 8 nitrogen and oxygen atoms in total. The highest BCUT2D eigenvalue weighted by Gasteiger charge is 2.35. The van der Waals surface area contributed by atoms with E-state index in [9.17, 15) is 5.11 Å². The Labute approximate surface area is 241 Å². The molecule has 212 valence electrons. The minimum Gasteiger partial charge on any atom is -0.390 e. The lowest BCUT2D eigenvalue weighted by Gasteiger charge is -2.37. The number of hydrogen-bond acceptors (Lipinski definition) is 6. The molecule has 5 aromatic rings. The molecule has 1 aliphatic rings. The predicted octanol–water partition coefficient (Wildman–Crippen LogP) is 6.41. The van der Waals surface area contributed by atoms with Crippen LogP contribution >= 0.6 is 0 Å². The molecule has 0 radical (unpaired) electrons. The van der Waals surface area contributed by atoms with Crippen molar-refractivity contribution in [2.75, 3.05) is 0 Å². The third-order valence-electron chi connectivity index (χ3n) is 9.10. The monoisotopic (exact) mass is 549 g/mol. The Kier molecular flexibility index (Phi) is 6.77. The standard InChI is InChI=1S/C33H39N7O/c1-7-28-35-29-20(2)18-23(16-17-33(6,41)32(3,4)5)34-31(29)40(28)27-15-13-22-19-21(12-14-25(22)27)24-10-8-9-11-26(24)30-36-38-39-37-30/h8-12,14,18-19,27,41H,7,13,15-17H2,1-6H3,(H,36,37,38,39). The number of rotatable bonds is 7. The largest absolute Gasteiger partial charge is 0.390 e. The normalized spacial score (nSPS) is 16.7. The van der Waals surface area contributed by atoms with Crippen LogP contribution in [0.1, 0.15) is 81.7 Å². The van der Waals surface area contributed by atoms with Crippen molar-refractivity contribution in [3.63, 3.8) is 0 Å². The van der Waals surface area contributed by atoms with Crippen molar-refractivity contribution in [3.05, 3.63) is 76.7 Å². The molecule has 3 heterocycles. The summed E-state index contributed by atoms with van der Waals surface area (Å²) in [6, 6.07) is 17.4. The molecular formula is C33H39N7O. The van der Waals surface area contributed by atoms with Gasteiger partial charge in [-0.3, -0.25) is 0 Å². The number of tetrazole rings is 1. The first kappa shape index (κ1) is 27.3.